The fourth-order valence-electron chi connectivity index (χ4n) is 2.57. The Morgan fingerprint density at radius 1 is 1.16 bits per heavy atom. The molecule has 0 radical (unpaired) electrons. The molecule has 7 heteroatoms. The molecule has 1 aromatic carbocycles. The zero-order chi connectivity index (χ0) is 17.1. The Labute approximate surface area is 143 Å². The number of ether oxygens (including phenoxy) is 2. The molecule has 0 saturated carbocycles. The van der Waals surface area contributed by atoms with Crippen molar-refractivity contribution in [3.63, 3.8) is 0 Å². The van der Waals surface area contributed by atoms with Gasteiger partial charge in [-0.15, -0.1) is 0 Å². The monoisotopic (exact) mass is 337 g/mol. The maximum atomic E-state index is 12.4. The molecule has 4 rings (SSSR count). The molecule has 25 heavy (non-hydrogen) atoms. The summed E-state index contributed by atoms with van der Waals surface area (Å²) in [5.74, 6) is 0.938. The van der Waals surface area contributed by atoms with Crippen LogP contribution in [0.1, 0.15) is 5.69 Å². The van der Waals surface area contributed by atoms with Crippen LogP contribution in [-0.2, 0) is 11.3 Å². The molecule has 126 valence electrons. The van der Waals surface area contributed by atoms with E-state index in [1.165, 1.54) is 0 Å². The number of carbonyl (C=O) groups is 1. The van der Waals surface area contributed by atoms with Gasteiger partial charge in [-0.2, -0.15) is 0 Å². The van der Waals surface area contributed by atoms with Crippen LogP contribution in [-0.4, -0.2) is 28.6 Å². The van der Waals surface area contributed by atoms with Crippen LogP contribution in [0, 0.1) is 0 Å². The van der Waals surface area contributed by atoms with E-state index in [0.717, 1.165) is 5.56 Å². The van der Waals surface area contributed by atoms with Gasteiger partial charge in [-0.05, 0) is 18.2 Å². The highest BCUT2D eigenvalue weighted by atomic mass is 16.6. The summed E-state index contributed by atoms with van der Waals surface area (Å²) >= 11 is 0. The molecule has 1 N–H and O–H groups in total. The van der Waals surface area contributed by atoms with Crippen molar-refractivity contribution in [3.8, 4) is 22.8 Å². The zero-order valence-corrected chi connectivity index (χ0v) is 13.2. The summed E-state index contributed by atoms with van der Waals surface area (Å²) in [5, 5.41) is 2.82. The second-order valence-corrected chi connectivity index (χ2v) is 5.45. The molecule has 0 bridgehead atoms. The molecule has 1 amide bonds. The maximum Gasteiger partial charge on any atom is 0.265 e. The minimum atomic E-state index is -0.705. The van der Waals surface area contributed by atoms with Crippen molar-refractivity contribution in [1.82, 2.24) is 15.3 Å². The Bertz CT molecular complexity index is 880. The summed E-state index contributed by atoms with van der Waals surface area (Å²) < 4.78 is 16.3. The van der Waals surface area contributed by atoms with Gasteiger partial charge in [-0.3, -0.25) is 14.8 Å². The predicted octanol–water partition coefficient (Wildman–Crippen LogP) is 2.19. The number of hydrogen-bond donors (Lipinski definition) is 1. The van der Waals surface area contributed by atoms with Crippen LogP contribution < -0.4 is 14.8 Å². The summed E-state index contributed by atoms with van der Waals surface area (Å²) in [7, 11) is 0. The Morgan fingerprint density at radius 2 is 2.00 bits per heavy atom. The number of aromatic nitrogens is 2. The van der Waals surface area contributed by atoms with Crippen molar-refractivity contribution in [2.45, 2.75) is 12.6 Å². The largest absolute Gasteiger partial charge is 0.485 e. The second-order valence-electron chi connectivity index (χ2n) is 5.45. The summed E-state index contributed by atoms with van der Waals surface area (Å²) in [4.78, 5) is 21.0. The number of rotatable bonds is 4. The molecular weight excluding hydrogens is 322 g/mol. The van der Waals surface area contributed by atoms with Crippen molar-refractivity contribution in [1.29, 1.82) is 0 Å². The van der Waals surface area contributed by atoms with E-state index in [9.17, 15) is 4.79 Å². The standard InChI is InChI=1S/C18H15N3O4/c22-18(16-11-24-14-3-1-2-4-15(14)25-16)21-9-13-17(20-7-6-19-13)12-5-8-23-10-12/h1-8,10,16H,9,11H2,(H,21,22). The van der Waals surface area contributed by atoms with Crippen LogP contribution in [0.2, 0.25) is 0 Å². The van der Waals surface area contributed by atoms with Crippen molar-refractivity contribution in [2.75, 3.05) is 6.61 Å². The van der Waals surface area contributed by atoms with Gasteiger partial charge in [0.1, 0.15) is 6.61 Å². The average molecular weight is 337 g/mol. The number of carbonyl (C=O) groups excluding carboxylic acids is 1. The third kappa shape index (κ3) is 3.16. The molecule has 1 atom stereocenters. The van der Waals surface area contributed by atoms with Gasteiger partial charge in [-0.1, -0.05) is 12.1 Å². The number of nitrogens with one attached hydrogen (secondary N) is 1. The highest BCUT2D eigenvalue weighted by Crippen LogP contribution is 2.30. The first kappa shape index (κ1) is 15.2. The first-order valence-corrected chi connectivity index (χ1v) is 7.80. The van der Waals surface area contributed by atoms with Crippen molar-refractivity contribution in [2.24, 2.45) is 0 Å². The number of para-hydroxylation sites is 2. The second kappa shape index (κ2) is 6.64. The van der Waals surface area contributed by atoms with Gasteiger partial charge in [0.15, 0.2) is 11.5 Å². The SMILES string of the molecule is O=C(NCc1nccnc1-c1ccoc1)C1COc2ccccc2O1. The van der Waals surface area contributed by atoms with Gasteiger partial charge in [0.05, 0.1) is 30.5 Å². The lowest BCUT2D eigenvalue weighted by molar-refractivity contribution is -0.130. The minimum Gasteiger partial charge on any atom is -0.485 e. The lowest BCUT2D eigenvalue weighted by Gasteiger charge is -2.25. The molecule has 0 saturated heterocycles. The van der Waals surface area contributed by atoms with Crippen molar-refractivity contribution in [3.05, 3.63) is 60.9 Å². The van der Waals surface area contributed by atoms with Gasteiger partial charge in [-0.25, -0.2) is 0 Å². The van der Waals surface area contributed by atoms with E-state index >= 15 is 0 Å². The third-order valence-electron chi connectivity index (χ3n) is 3.80. The first-order chi connectivity index (χ1) is 12.3. The fourth-order valence-corrected chi connectivity index (χ4v) is 2.57. The normalized spacial score (nSPS) is 15.6. The highest BCUT2D eigenvalue weighted by Gasteiger charge is 2.27. The van der Waals surface area contributed by atoms with Crippen molar-refractivity contribution >= 4 is 5.91 Å². The molecular formula is C18H15N3O4. The number of furan rings is 1. The zero-order valence-electron chi connectivity index (χ0n) is 13.2. The minimum absolute atomic E-state index is 0.165. The first-order valence-electron chi connectivity index (χ1n) is 7.80. The van der Waals surface area contributed by atoms with Crippen LogP contribution in [0.5, 0.6) is 11.5 Å². The molecule has 2 aromatic heterocycles. The summed E-state index contributed by atoms with van der Waals surface area (Å²) in [6.45, 7) is 0.395. The highest BCUT2D eigenvalue weighted by molar-refractivity contribution is 5.81. The summed E-state index contributed by atoms with van der Waals surface area (Å²) in [5.41, 5.74) is 2.13. The van der Waals surface area contributed by atoms with Crippen LogP contribution in [0.3, 0.4) is 0 Å². The number of benzene rings is 1. The van der Waals surface area contributed by atoms with E-state index < -0.39 is 6.10 Å². The van der Waals surface area contributed by atoms with Crippen molar-refractivity contribution < 1.29 is 18.7 Å². The smallest absolute Gasteiger partial charge is 0.265 e. The third-order valence-corrected chi connectivity index (χ3v) is 3.80. The predicted molar refractivity (Wildman–Crippen MR) is 87.9 cm³/mol. The number of amides is 1. The molecule has 0 spiro atoms. The molecule has 1 unspecified atom stereocenters. The Kier molecular flexibility index (Phi) is 4.04. The summed E-state index contributed by atoms with van der Waals surface area (Å²) in [6, 6.07) is 9.06. The lowest BCUT2D eigenvalue weighted by atomic mass is 10.2. The lowest BCUT2D eigenvalue weighted by Crippen LogP contribution is -2.43. The van der Waals surface area contributed by atoms with E-state index in [1.54, 1.807) is 43.1 Å². The maximum absolute atomic E-state index is 12.4. The Morgan fingerprint density at radius 3 is 2.84 bits per heavy atom. The van der Waals surface area contributed by atoms with Gasteiger partial charge >= 0.3 is 0 Å². The van der Waals surface area contributed by atoms with Crippen LogP contribution >= 0.6 is 0 Å². The Hall–Kier alpha value is -3.35. The molecule has 3 heterocycles. The van der Waals surface area contributed by atoms with Crippen LogP contribution in [0.25, 0.3) is 11.3 Å². The average Bonchev–Trinajstić information content (AvgIpc) is 3.20. The van der Waals surface area contributed by atoms with E-state index in [4.69, 9.17) is 13.9 Å². The molecule has 7 nitrogen and oxygen atoms in total. The molecule has 0 fully saturated rings. The van der Waals surface area contributed by atoms with Gasteiger partial charge < -0.3 is 19.2 Å². The Balaban J connectivity index is 1.44. The molecule has 3 aromatic rings. The van der Waals surface area contributed by atoms with E-state index in [2.05, 4.69) is 15.3 Å². The molecule has 1 aliphatic rings. The molecule has 0 aliphatic carbocycles. The van der Waals surface area contributed by atoms with Gasteiger partial charge in [0, 0.05) is 18.0 Å². The summed E-state index contributed by atoms with van der Waals surface area (Å²) in [6.07, 6.45) is 5.63. The van der Waals surface area contributed by atoms with Gasteiger partial charge in [0.2, 0.25) is 6.10 Å². The van der Waals surface area contributed by atoms with E-state index in [0.29, 0.717) is 22.9 Å². The number of fused-ring (bicyclic) bond motifs is 1. The fraction of sp³-hybridized carbons (Fsp3) is 0.167. The van der Waals surface area contributed by atoms with Crippen LogP contribution in [0.4, 0.5) is 0 Å². The van der Waals surface area contributed by atoms with E-state index in [1.807, 2.05) is 12.1 Å². The molecule has 1 aliphatic heterocycles. The number of nitrogens with zero attached hydrogens (tertiary/aromatic N) is 2. The quantitative estimate of drug-likeness (QED) is 0.785. The van der Waals surface area contributed by atoms with E-state index in [-0.39, 0.29) is 19.1 Å². The van der Waals surface area contributed by atoms with Crippen LogP contribution in [0.15, 0.2) is 59.7 Å². The van der Waals surface area contributed by atoms with Gasteiger partial charge in [0.25, 0.3) is 5.91 Å². The number of hydrogen-bond acceptors (Lipinski definition) is 6. The topological polar surface area (TPSA) is 86.5 Å².